The predicted octanol–water partition coefficient (Wildman–Crippen LogP) is 5.55. The van der Waals surface area contributed by atoms with E-state index in [2.05, 4.69) is 26.4 Å². The van der Waals surface area contributed by atoms with Gasteiger partial charge in [0.15, 0.2) is 0 Å². The number of nitrogens with one attached hydrogen (secondary N) is 2. The van der Waals surface area contributed by atoms with Crippen molar-refractivity contribution in [2.24, 2.45) is 7.05 Å². The number of amides is 1. The van der Waals surface area contributed by atoms with Crippen molar-refractivity contribution in [1.29, 1.82) is 0 Å². The van der Waals surface area contributed by atoms with Gasteiger partial charge < -0.3 is 10.3 Å². The van der Waals surface area contributed by atoms with Crippen molar-refractivity contribution in [3.8, 4) is 21.7 Å². The molecule has 0 saturated heterocycles. The number of fused-ring (bicyclic) bond motifs is 1. The number of aromatic amines is 1. The number of thiazole rings is 1. The van der Waals surface area contributed by atoms with Crippen LogP contribution in [0.4, 0.5) is 0 Å². The minimum atomic E-state index is -0.437. The monoisotopic (exact) mass is 488 g/mol. The van der Waals surface area contributed by atoms with Gasteiger partial charge in [-0.2, -0.15) is 5.10 Å². The molecule has 1 amide bonds. The minimum Gasteiger partial charge on any atom is -0.340 e. The van der Waals surface area contributed by atoms with Crippen LogP contribution in [0, 0.1) is 0 Å². The van der Waals surface area contributed by atoms with Crippen molar-refractivity contribution in [3.05, 3.63) is 76.8 Å². The summed E-state index contributed by atoms with van der Waals surface area (Å²) in [5.41, 5.74) is 3.77. The number of benzene rings is 1. The van der Waals surface area contributed by atoms with Gasteiger partial charge in [0.1, 0.15) is 10.7 Å². The average molecular weight is 489 g/mol. The molecule has 0 radical (unpaired) electrons. The molecule has 1 aliphatic rings. The molecule has 0 bridgehead atoms. The third kappa shape index (κ3) is 3.50. The highest BCUT2D eigenvalue weighted by molar-refractivity contribution is 7.15. The number of carbonyl (C=O) groups is 1. The molecule has 1 aliphatic carbocycles. The van der Waals surface area contributed by atoms with E-state index in [0.29, 0.717) is 10.6 Å². The lowest BCUT2D eigenvalue weighted by Gasteiger charge is -2.40. The van der Waals surface area contributed by atoms with Crippen LogP contribution in [0.1, 0.15) is 34.6 Å². The SMILES string of the molecule is Cn1cc(-c2cc3c(-c4cnc(C5(NC(=O)c6ccccc6)CCC5)s4)c(Cl)cnc3[nH]2)cn1. The number of H-pyrrole nitrogens is 1. The average Bonchev–Trinajstić information content (AvgIpc) is 3.56. The normalized spacial score (nSPS) is 14.8. The summed E-state index contributed by atoms with van der Waals surface area (Å²) in [5, 5.41) is 9.91. The molecule has 5 aromatic rings. The molecule has 4 heterocycles. The number of halogens is 1. The molecular formula is C25H21ClN6OS. The summed E-state index contributed by atoms with van der Waals surface area (Å²) in [5.74, 6) is -0.0758. The van der Waals surface area contributed by atoms with Crippen LogP contribution < -0.4 is 5.32 Å². The van der Waals surface area contributed by atoms with Crippen LogP contribution in [0.2, 0.25) is 5.02 Å². The van der Waals surface area contributed by atoms with E-state index in [4.69, 9.17) is 16.6 Å². The first-order valence-electron chi connectivity index (χ1n) is 11.0. The Hall–Kier alpha value is -3.49. The van der Waals surface area contributed by atoms with Crippen molar-refractivity contribution >= 4 is 39.9 Å². The van der Waals surface area contributed by atoms with Crippen LogP contribution >= 0.6 is 22.9 Å². The van der Waals surface area contributed by atoms with Crippen molar-refractivity contribution in [1.82, 2.24) is 30.0 Å². The zero-order chi connectivity index (χ0) is 23.3. The lowest BCUT2D eigenvalue weighted by atomic mass is 9.77. The highest BCUT2D eigenvalue weighted by Crippen LogP contribution is 2.46. The molecular weight excluding hydrogens is 468 g/mol. The maximum atomic E-state index is 12.9. The zero-order valence-corrected chi connectivity index (χ0v) is 20.0. The molecule has 1 fully saturated rings. The maximum Gasteiger partial charge on any atom is 0.252 e. The van der Waals surface area contributed by atoms with Crippen LogP contribution in [0.5, 0.6) is 0 Å². The first-order chi connectivity index (χ1) is 16.5. The highest BCUT2D eigenvalue weighted by atomic mass is 35.5. The van der Waals surface area contributed by atoms with Crippen LogP contribution in [-0.4, -0.2) is 30.6 Å². The molecule has 1 saturated carbocycles. The predicted molar refractivity (Wildman–Crippen MR) is 134 cm³/mol. The van der Waals surface area contributed by atoms with Gasteiger partial charge in [-0.25, -0.2) is 9.97 Å². The summed E-state index contributed by atoms with van der Waals surface area (Å²) in [4.78, 5) is 26.5. The van der Waals surface area contributed by atoms with E-state index >= 15 is 0 Å². The number of nitrogens with zero attached hydrogens (tertiary/aromatic N) is 4. The molecule has 34 heavy (non-hydrogen) atoms. The molecule has 1 aromatic carbocycles. The van der Waals surface area contributed by atoms with E-state index < -0.39 is 5.54 Å². The molecule has 0 spiro atoms. The van der Waals surface area contributed by atoms with E-state index in [9.17, 15) is 4.79 Å². The smallest absolute Gasteiger partial charge is 0.252 e. The van der Waals surface area contributed by atoms with Crippen LogP contribution in [0.25, 0.3) is 32.7 Å². The molecule has 7 nitrogen and oxygen atoms in total. The van der Waals surface area contributed by atoms with Gasteiger partial charge in [-0.3, -0.25) is 9.48 Å². The van der Waals surface area contributed by atoms with E-state index in [1.54, 1.807) is 22.2 Å². The largest absolute Gasteiger partial charge is 0.340 e. The van der Waals surface area contributed by atoms with Gasteiger partial charge in [0.05, 0.1) is 27.3 Å². The zero-order valence-electron chi connectivity index (χ0n) is 18.4. The Bertz CT molecular complexity index is 1520. The number of aromatic nitrogens is 5. The number of carbonyl (C=O) groups excluding carboxylic acids is 1. The van der Waals surface area contributed by atoms with Crippen LogP contribution in [-0.2, 0) is 12.6 Å². The quantitative estimate of drug-likeness (QED) is 0.339. The fraction of sp³-hybridized carbons (Fsp3) is 0.200. The third-order valence-corrected chi connectivity index (χ3v) is 7.89. The van der Waals surface area contributed by atoms with E-state index in [1.165, 1.54) is 0 Å². The van der Waals surface area contributed by atoms with Gasteiger partial charge in [-0.15, -0.1) is 11.3 Å². The molecule has 0 aliphatic heterocycles. The van der Waals surface area contributed by atoms with Crippen molar-refractivity contribution in [3.63, 3.8) is 0 Å². The second-order valence-corrected chi connectivity index (χ2v) is 10.1. The standard InChI is InChI=1S/C25H21ClN6OS/c1-32-14-16(11-29-32)19-10-17-21(18(26)12-27-22(17)30-19)20-13-28-24(34-20)25(8-5-9-25)31-23(33)15-6-3-2-4-7-15/h2-4,6-7,10-14H,5,8-9H2,1H3,(H,27,30)(H,31,33). The second kappa shape index (κ2) is 8.07. The first-order valence-corrected chi connectivity index (χ1v) is 12.2. The summed E-state index contributed by atoms with van der Waals surface area (Å²) >= 11 is 8.22. The molecule has 2 N–H and O–H groups in total. The van der Waals surface area contributed by atoms with Gasteiger partial charge in [-0.1, -0.05) is 29.8 Å². The molecule has 170 valence electrons. The maximum absolute atomic E-state index is 12.9. The number of pyridine rings is 1. The lowest BCUT2D eigenvalue weighted by Crippen LogP contribution is -2.50. The van der Waals surface area contributed by atoms with Crippen molar-refractivity contribution < 1.29 is 4.79 Å². The Balaban J connectivity index is 1.37. The summed E-state index contributed by atoms with van der Waals surface area (Å²) < 4.78 is 1.76. The Labute approximate surface area is 204 Å². The van der Waals surface area contributed by atoms with Crippen molar-refractivity contribution in [2.45, 2.75) is 24.8 Å². The van der Waals surface area contributed by atoms with Gasteiger partial charge in [-0.05, 0) is 37.5 Å². The number of hydrogen-bond acceptors (Lipinski definition) is 5. The lowest BCUT2D eigenvalue weighted by molar-refractivity contribution is 0.0823. The second-order valence-electron chi connectivity index (χ2n) is 8.61. The molecule has 4 aromatic heterocycles. The molecule has 0 atom stereocenters. The molecule has 6 rings (SSSR count). The fourth-order valence-corrected chi connectivity index (χ4v) is 5.93. The summed E-state index contributed by atoms with van der Waals surface area (Å²) in [7, 11) is 1.89. The third-order valence-electron chi connectivity index (χ3n) is 6.39. The summed E-state index contributed by atoms with van der Waals surface area (Å²) in [6, 6.07) is 11.4. The molecule has 9 heteroatoms. The van der Waals surface area contributed by atoms with Gasteiger partial charge in [0, 0.05) is 47.7 Å². The topological polar surface area (TPSA) is 88.5 Å². The number of rotatable bonds is 5. The Morgan fingerprint density at radius 1 is 1.18 bits per heavy atom. The van der Waals surface area contributed by atoms with Gasteiger partial charge in [0.2, 0.25) is 0 Å². The summed E-state index contributed by atoms with van der Waals surface area (Å²) in [6.07, 6.45) is 10.1. The highest BCUT2D eigenvalue weighted by Gasteiger charge is 2.43. The minimum absolute atomic E-state index is 0.0758. The van der Waals surface area contributed by atoms with E-state index in [1.807, 2.05) is 56.0 Å². The van der Waals surface area contributed by atoms with Crippen molar-refractivity contribution in [2.75, 3.05) is 0 Å². The molecule has 0 unspecified atom stereocenters. The Morgan fingerprint density at radius 2 is 2.00 bits per heavy atom. The fourth-order valence-electron chi connectivity index (χ4n) is 4.43. The first kappa shape index (κ1) is 21.1. The number of hydrogen-bond donors (Lipinski definition) is 2. The van der Waals surface area contributed by atoms with E-state index in [0.717, 1.165) is 57.0 Å². The summed E-state index contributed by atoms with van der Waals surface area (Å²) in [6.45, 7) is 0. The van der Waals surface area contributed by atoms with Gasteiger partial charge in [0.25, 0.3) is 5.91 Å². The Morgan fingerprint density at radius 3 is 2.71 bits per heavy atom. The Kier molecular flexibility index (Phi) is 5.00. The number of aryl methyl sites for hydroxylation is 1. The van der Waals surface area contributed by atoms with Crippen LogP contribution in [0.15, 0.2) is 61.2 Å². The van der Waals surface area contributed by atoms with Gasteiger partial charge >= 0.3 is 0 Å². The van der Waals surface area contributed by atoms with E-state index in [-0.39, 0.29) is 5.91 Å². The van der Waals surface area contributed by atoms with Crippen LogP contribution in [0.3, 0.4) is 0 Å².